The van der Waals surface area contributed by atoms with E-state index in [9.17, 15) is 18.4 Å². The Morgan fingerprint density at radius 3 is 2.36 bits per heavy atom. The van der Waals surface area contributed by atoms with E-state index < -0.39 is 12.6 Å². The van der Waals surface area contributed by atoms with Gasteiger partial charge in [-0.05, 0) is 34.8 Å². The van der Waals surface area contributed by atoms with Crippen LogP contribution in [0.25, 0.3) is 5.57 Å². The molecule has 2 aromatic carbocycles. The van der Waals surface area contributed by atoms with Crippen molar-refractivity contribution in [2.75, 3.05) is 0 Å². The lowest BCUT2D eigenvalue weighted by Crippen LogP contribution is -2.11. The average Bonchev–Trinajstić information content (AvgIpc) is 2.66. The van der Waals surface area contributed by atoms with Crippen molar-refractivity contribution in [1.29, 1.82) is 5.26 Å². The zero-order valence-electron chi connectivity index (χ0n) is 15.4. The van der Waals surface area contributed by atoms with Crippen molar-refractivity contribution in [3.05, 3.63) is 76.5 Å². The molecule has 1 N–H and O–H groups in total. The molecule has 0 fully saturated rings. The lowest BCUT2D eigenvalue weighted by atomic mass is 10.0. The normalized spacial score (nSPS) is 12.1. The molecule has 0 aliphatic rings. The molecule has 3 nitrogen and oxygen atoms in total. The molecule has 0 aliphatic carbocycles. The third-order valence-electron chi connectivity index (χ3n) is 4.00. The van der Waals surface area contributed by atoms with Crippen LogP contribution in [0.4, 0.5) is 13.2 Å². The second kappa shape index (κ2) is 10.00. The summed E-state index contributed by atoms with van der Waals surface area (Å²) in [5.74, 6) is 1.46. The van der Waals surface area contributed by atoms with Crippen molar-refractivity contribution in [3.8, 4) is 6.07 Å². The number of nitriles is 1. The summed E-state index contributed by atoms with van der Waals surface area (Å²) in [6, 6.07) is 16.5. The number of alkyl halides is 3. The molecule has 0 heterocycles. The maximum absolute atomic E-state index is 12.4. The zero-order chi connectivity index (χ0) is 20.6. The summed E-state index contributed by atoms with van der Waals surface area (Å²) in [6.45, 7) is 5.17. The molecule has 7 heteroatoms. The van der Waals surface area contributed by atoms with E-state index in [-0.39, 0.29) is 5.56 Å². The molecule has 28 heavy (non-hydrogen) atoms. The van der Waals surface area contributed by atoms with Crippen molar-refractivity contribution >= 4 is 24.1 Å². The number of nitrogens with zero attached hydrogens (tertiary/aromatic N) is 2. The fourth-order valence-electron chi connectivity index (χ4n) is 2.58. The standard InChI is InChI=1S/C21H20F3N3S/c1-15(20(12-25)27-26-2)19-5-3-4-18(10-19)14-28-13-17-8-6-16(7-9-17)11-21(22,23)24/h3-10,27H,2,11,13-14H2,1H3/b20-15+. The summed E-state index contributed by atoms with van der Waals surface area (Å²) in [5, 5.41) is 12.7. The predicted octanol–water partition coefficient (Wildman–Crippen LogP) is 5.68. The Bertz CT molecular complexity index is 881. The molecule has 0 bridgehead atoms. The highest BCUT2D eigenvalue weighted by Crippen LogP contribution is 2.24. The van der Waals surface area contributed by atoms with Crippen LogP contribution in [0.5, 0.6) is 0 Å². The van der Waals surface area contributed by atoms with Gasteiger partial charge in [0.05, 0.1) is 6.42 Å². The number of nitrogens with one attached hydrogen (secondary N) is 1. The number of allylic oxidation sites excluding steroid dienone is 2. The van der Waals surface area contributed by atoms with Gasteiger partial charge >= 0.3 is 6.18 Å². The van der Waals surface area contributed by atoms with Gasteiger partial charge in [-0.25, -0.2) is 0 Å². The van der Waals surface area contributed by atoms with Crippen molar-refractivity contribution in [2.45, 2.75) is 31.0 Å². The molecule has 0 aromatic heterocycles. The van der Waals surface area contributed by atoms with Gasteiger partial charge in [-0.1, -0.05) is 48.5 Å². The highest BCUT2D eigenvalue weighted by atomic mass is 32.2. The zero-order valence-corrected chi connectivity index (χ0v) is 16.2. The molecule has 0 saturated heterocycles. The van der Waals surface area contributed by atoms with Crippen LogP contribution in [0.3, 0.4) is 0 Å². The summed E-state index contributed by atoms with van der Waals surface area (Å²) in [7, 11) is 0. The van der Waals surface area contributed by atoms with Gasteiger partial charge in [0, 0.05) is 18.2 Å². The first-order chi connectivity index (χ1) is 13.3. The molecule has 0 amide bonds. The molecule has 2 rings (SSSR count). The average molecular weight is 403 g/mol. The van der Waals surface area contributed by atoms with E-state index in [1.807, 2.05) is 31.2 Å². The van der Waals surface area contributed by atoms with Crippen molar-refractivity contribution < 1.29 is 13.2 Å². The number of hydrogen-bond acceptors (Lipinski definition) is 4. The van der Waals surface area contributed by atoms with Gasteiger partial charge < -0.3 is 0 Å². The van der Waals surface area contributed by atoms with Gasteiger partial charge in [0.2, 0.25) is 0 Å². The Labute approximate surface area is 167 Å². The summed E-state index contributed by atoms with van der Waals surface area (Å²) in [6.07, 6.45) is -5.09. The van der Waals surface area contributed by atoms with Gasteiger partial charge in [0.15, 0.2) is 0 Å². The number of hydrazone groups is 1. The molecular weight excluding hydrogens is 383 g/mol. The minimum Gasteiger partial charge on any atom is -0.268 e. The van der Waals surface area contributed by atoms with E-state index in [1.54, 1.807) is 23.9 Å². The molecule has 0 spiro atoms. The van der Waals surface area contributed by atoms with Crippen LogP contribution < -0.4 is 5.43 Å². The molecule has 0 saturated carbocycles. The van der Waals surface area contributed by atoms with Gasteiger partial charge in [-0.2, -0.15) is 35.3 Å². The van der Waals surface area contributed by atoms with E-state index in [0.29, 0.717) is 11.4 Å². The Morgan fingerprint density at radius 2 is 1.75 bits per heavy atom. The second-order valence-corrected chi connectivity index (χ2v) is 7.17. The van der Waals surface area contributed by atoms with Crippen LogP contribution in [0, 0.1) is 11.3 Å². The lowest BCUT2D eigenvalue weighted by Gasteiger charge is -2.09. The van der Waals surface area contributed by atoms with Gasteiger partial charge in [0.25, 0.3) is 0 Å². The largest absolute Gasteiger partial charge is 0.393 e. The Kier molecular flexibility index (Phi) is 7.70. The highest BCUT2D eigenvalue weighted by Gasteiger charge is 2.27. The summed E-state index contributed by atoms with van der Waals surface area (Å²) < 4.78 is 37.2. The Balaban J connectivity index is 1.97. The molecule has 0 aliphatic heterocycles. The fourth-order valence-corrected chi connectivity index (χ4v) is 3.53. The first-order valence-corrected chi connectivity index (χ1v) is 9.62. The maximum atomic E-state index is 12.4. The van der Waals surface area contributed by atoms with E-state index in [4.69, 9.17) is 0 Å². The Morgan fingerprint density at radius 1 is 1.11 bits per heavy atom. The number of benzene rings is 2. The minimum atomic E-state index is -4.18. The fraction of sp³-hybridized carbons (Fsp3) is 0.238. The SMILES string of the molecule is C=NN/C(C#N)=C(\C)c1cccc(CSCc2ccc(CC(F)(F)F)cc2)c1. The van der Waals surface area contributed by atoms with Crippen molar-refractivity contribution in [2.24, 2.45) is 5.10 Å². The number of thioether (sulfide) groups is 1. The van der Waals surface area contributed by atoms with Crippen LogP contribution in [-0.2, 0) is 17.9 Å². The number of hydrogen-bond donors (Lipinski definition) is 1. The molecule has 146 valence electrons. The first kappa shape index (κ1) is 21.6. The van der Waals surface area contributed by atoms with Crippen LogP contribution in [-0.4, -0.2) is 12.9 Å². The predicted molar refractivity (Wildman–Crippen MR) is 109 cm³/mol. The molecular formula is C21H20F3N3S. The van der Waals surface area contributed by atoms with E-state index in [1.165, 1.54) is 12.1 Å². The second-order valence-electron chi connectivity index (χ2n) is 6.18. The van der Waals surface area contributed by atoms with E-state index in [2.05, 4.69) is 23.3 Å². The number of halogens is 3. The van der Waals surface area contributed by atoms with Gasteiger partial charge in [-0.3, -0.25) is 5.43 Å². The third-order valence-corrected chi connectivity index (χ3v) is 5.08. The van der Waals surface area contributed by atoms with E-state index >= 15 is 0 Å². The quantitative estimate of drug-likeness (QED) is 0.350. The summed E-state index contributed by atoms with van der Waals surface area (Å²) in [5.41, 5.74) is 6.98. The Hall–Kier alpha value is -2.72. The lowest BCUT2D eigenvalue weighted by molar-refractivity contribution is -0.127. The highest BCUT2D eigenvalue weighted by molar-refractivity contribution is 7.97. The van der Waals surface area contributed by atoms with Crippen molar-refractivity contribution in [1.82, 2.24) is 5.43 Å². The van der Waals surface area contributed by atoms with Crippen LogP contribution >= 0.6 is 11.8 Å². The molecule has 2 aromatic rings. The van der Waals surface area contributed by atoms with Crippen molar-refractivity contribution in [3.63, 3.8) is 0 Å². The third kappa shape index (κ3) is 6.78. The molecule has 0 unspecified atom stereocenters. The maximum Gasteiger partial charge on any atom is 0.393 e. The summed E-state index contributed by atoms with van der Waals surface area (Å²) in [4.78, 5) is 0. The van der Waals surface area contributed by atoms with E-state index in [0.717, 1.165) is 28.0 Å². The van der Waals surface area contributed by atoms with Crippen LogP contribution in [0.15, 0.2) is 59.3 Å². The molecule has 0 atom stereocenters. The van der Waals surface area contributed by atoms with Crippen LogP contribution in [0.2, 0.25) is 0 Å². The van der Waals surface area contributed by atoms with Gasteiger partial charge in [0.1, 0.15) is 11.8 Å². The number of rotatable bonds is 8. The monoisotopic (exact) mass is 403 g/mol. The minimum absolute atomic E-state index is 0.270. The smallest absolute Gasteiger partial charge is 0.268 e. The first-order valence-electron chi connectivity index (χ1n) is 8.46. The summed E-state index contributed by atoms with van der Waals surface area (Å²) >= 11 is 1.68. The van der Waals surface area contributed by atoms with Gasteiger partial charge in [-0.15, -0.1) is 0 Å². The van der Waals surface area contributed by atoms with Crippen LogP contribution in [0.1, 0.15) is 29.2 Å². The topological polar surface area (TPSA) is 48.2 Å². The molecule has 0 radical (unpaired) electrons.